The topological polar surface area (TPSA) is 23.5 Å². The van der Waals surface area contributed by atoms with E-state index in [1.54, 1.807) is 0 Å². The Bertz CT molecular complexity index is 345. The molecular weight excluding hydrogens is 210 g/mol. The zero-order valence-electron chi connectivity index (χ0n) is 10.7. The molecule has 1 unspecified atom stereocenters. The van der Waals surface area contributed by atoms with Crippen molar-refractivity contribution in [1.29, 1.82) is 0 Å². The zero-order chi connectivity index (χ0) is 12.1. The van der Waals surface area contributed by atoms with Gasteiger partial charge in [0, 0.05) is 24.3 Å². The third-order valence-corrected chi connectivity index (χ3v) is 3.57. The Morgan fingerprint density at radius 3 is 2.65 bits per heavy atom. The summed E-state index contributed by atoms with van der Waals surface area (Å²) in [5.41, 5.74) is 2.36. The smallest absolute Gasteiger partial charge is 0.0810 e. The van der Waals surface area contributed by atoms with Gasteiger partial charge in [0.15, 0.2) is 0 Å². The number of aliphatic hydroxyl groups is 1. The van der Waals surface area contributed by atoms with E-state index in [0.717, 1.165) is 37.9 Å². The maximum Gasteiger partial charge on any atom is 0.0810 e. The highest BCUT2D eigenvalue weighted by molar-refractivity contribution is 5.55. The van der Waals surface area contributed by atoms with Gasteiger partial charge in [-0.1, -0.05) is 38.0 Å². The fourth-order valence-corrected chi connectivity index (χ4v) is 2.57. The van der Waals surface area contributed by atoms with Crippen molar-refractivity contribution in [1.82, 2.24) is 0 Å². The van der Waals surface area contributed by atoms with Crippen LogP contribution in [0.25, 0.3) is 0 Å². The number of benzene rings is 1. The third kappa shape index (κ3) is 3.01. The number of nitrogens with zero attached hydrogens (tertiary/aromatic N) is 1. The van der Waals surface area contributed by atoms with Gasteiger partial charge in [0.05, 0.1) is 6.10 Å². The predicted octanol–water partition coefficient (Wildman–Crippen LogP) is 3.51. The Hall–Kier alpha value is -1.02. The van der Waals surface area contributed by atoms with Crippen LogP contribution in [0.5, 0.6) is 0 Å². The molecule has 0 bridgehead atoms. The molecule has 0 aromatic heterocycles. The van der Waals surface area contributed by atoms with Crippen LogP contribution in [0.4, 0.5) is 5.69 Å². The van der Waals surface area contributed by atoms with Gasteiger partial charge in [-0.15, -0.1) is 0 Å². The highest BCUT2D eigenvalue weighted by atomic mass is 16.3. The molecule has 2 nitrogen and oxygen atoms in total. The van der Waals surface area contributed by atoms with E-state index in [0.29, 0.717) is 0 Å². The molecule has 2 heteroatoms. The number of para-hydroxylation sites is 1. The van der Waals surface area contributed by atoms with Crippen molar-refractivity contribution in [2.24, 2.45) is 0 Å². The first-order valence-electron chi connectivity index (χ1n) is 6.85. The Balaban J connectivity index is 2.14. The second-order valence-electron chi connectivity index (χ2n) is 4.91. The van der Waals surface area contributed by atoms with Crippen LogP contribution in [0.3, 0.4) is 0 Å². The molecule has 0 radical (unpaired) electrons. The molecule has 1 fully saturated rings. The molecule has 1 aliphatic heterocycles. The van der Waals surface area contributed by atoms with Gasteiger partial charge in [0.2, 0.25) is 0 Å². The number of hydrogen-bond acceptors (Lipinski definition) is 2. The van der Waals surface area contributed by atoms with Crippen LogP contribution in [0, 0.1) is 0 Å². The lowest BCUT2D eigenvalue weighted by Crippen LogP contribution is -2.20. The molecule has 1 atom stereocenters. The van der Waals surface area contributed by atoms with Gasteiger partial charge in [0.25, 0.3) is 0 Å². The van der Waals surface area contributed by atoms with Crippen molar-refractivity contribution in [2.75, 3.05) is 18.0 Å². The van der Waals surface area contributed by atoms with Crippen molar-refractivity contribution < 1.29 is 5.11 Å². The van der Waals surface area contributed by atoms with E-state index in [2.05, 4.69) is 30.0 Å². The van der Waals surface area contributed by atoms with Gasteiger partial charge in [-0.25, -0.2) is 0 Å². The quantitative estimate of drug-likeness (QED) is 0.841. The summed E-state index contributed by atoms with van der Waals surface area (Å²) in [6.07, 6.45) is 5.37. The fraction of sp³-hybridized carbons (Fsp3) is 0.600. The molecule has 17 heavy (non-hydrogen) atoms. The molecule has 1 heterocycles. The van der Waals surface area contributed by atoms with Gasteiger partial charge in [-0.2, -0.15) is 0 Å². The molecular formula is C15H23NO. The first-order chi connectivity index (χ1) is 8.33. The Labute approximate surface area is 104 Å². The molecule has 1 saturated heterocycles. The van der Waals surface area contributed by atoms with Gasteiger partial charge < -0.3 is 10.0 Å². The number of aliphatic hydroxyl groups excluding tert-OH is 1. The molecule has 2 rings (SSSR count). The lowest BCUT2D eigenvalue weighted by Gasteiger charge is -2.23. The molecule has 0 aliphatic carbocycles. The normalized spacial score (nSPS) is 17.4. The van der Waals surface area contributed by atoms with Crippen molar-refractivity contribution in [3.63, 3.8) is 0 Å². The second kappa shape index (κ2) is 6.06. The average molecular weight is 233 g/mol. The predicted molar refractivity (Wildman–Crippen MR) is 72.4 cm³/mol. The molecule has 1 aliphatic rings. The summed E-state index contributed by atoms with van der Waals surface area (Å²) in [6, 6.07) is 8.33. The number of hydrogen-bond donors (Lipinski definition) is 1. The maximum absolute atomic E-state index is 10.3. The summed E-state index contributed by atoms with van der Waals surface area (Å²) in [5.74, 6) is 0. The number of rotatable bonds is 5. The summed E-state index contributed by atoms with van der Waals surface area (Å²) in [4.78, 5) is 2.41. The molecule has 94 valence electrons. The van der Waals surface area contributed by atoms with Crippen LogP contribution in [0.2, 0.25) is 0 Å². The number of anilines is 1. The van der Waals surface area contributed by atoms with Crippen molar-refractivity contribution >= 4 is 5.69 Å². The van der Waals surface area contributed by atoms with E-state index in [4.69, 9.17) is 0 Å². The molecule has 1 N–H and O–H groups in total. The van der Waals surface area contributed by atoms with Crippen molar-refractivity contribution in [3.8, 4) is 0 Å². The minimum atomic E-state index is -0.299. The van der Waals surface area contributed by atoms with Gasteiger partial charge in [-0.3, -0.25) is 0 Å². The first-order valence-corrected chi connectivity index (χ1v) is 6.85. The van der Waals surface area contributed by atoms with Crippen LogP contribution in [-0.2, 0) is 0 Å². The van der Waals surface area contributed by atoms with Crippen molar-refractivity contribution in [3.05, 3.63) is 29.8 Å². The molecule has 0 saturated carbocycles. The first kappa shape index (κ1) is 12.4. The van der Waals surface area contributed by atoms with E-state index in [9.17, 15) is 5.11 Å². The number of unbranched alkanes of at least 4 members (excludes halogenated alkanes) is 1. The van der Waals surface area contributed by atoms with Gasteiger partial charge in [-0.05, 0) is 25.3 Å². The van der Waals surface area contributed by atoms with Crippen LogP contribution in [0.1, 0.15) is 50.7 Å². The Morgan fingerprint density at radius 1 is 1.24 bits per heavy atom. The summed E-state index contributed by atoms with van der Waals surface area (Å²) in [5, 5.41) is 10.3. The fourth-order valence-electron chi connectivity index (χ4n) is 2.57. The summed E-state index contributed by atoms with van der Waals surface area (Å²) in [6.45, 7) is 4.44. The van der Waals surface area contributed by atoms with E-state index >= 15 is 0 Å². The SMILES string of the molecule is CCCCC(O)c1ccccc1N1CCCC1. The van der Waals surface area contributed by atoms with E-state index < -0.39 is 0 Å². The minimum Gasteiger partial charge on any atom is -0.388 e. The van der Waals surface area contributed by atoms with Gasteiger partial charge >= 0.3 is 0 Å². The summed E-state index contributed by atoms with van der Waals surface area (Å²) < 4.78 is 0. The Morgan fingerprint density at radius 2 is 1.94 bits per heavy atom. The van der Waals surface area contributed by atoms with Crippen LogP contribution in [0.15, 0.2) is 24.3 Å². The highest BCUT2D eigenvalue weighted by Gasteiger charge is 2.18. The molecule has 0 amide bonds. The Kier molecular flexibility index (Phi) is 4.43. The molecule has 1 aromatic rings. The lowest BCUT2D eigenvalue weighted by atomic mass is 10.0. The summed E-state index contributed by atoms with van der Waals surface area (Å²) in [7, 11) is 0. The second-order valence-corrected chi connectivity index (χ2v) is 4.91. The van der Waals surface area contributed by atoms with Crippen LogP contribution in [-0.4, -0.2) is 18.2 Å². The standard InChI is InChI=1S/C15H23NO/c1-2-3-10-15(17)13-8-4-5-9-14(13)16-11-6-7-12-16/h4-5,8-9,15,17H,2-3,6-7,10-12H2,1H3. The molecule has 1 aromatic carbocycles. The van der Waals surface area contributed by atoms with E-state index in [1.165, 1.54) is 18.5 Å². The third-order valence-electron chi connectivity index (χ3n) is 3.57. The maximum atomic E-state index is 10.3. The lowest BCUT2D eigenvalue weighted by molar-refractivity contribution is 0.164. The van der Waals surface area contributed by atoms with Crippen LogP contribution >= 0.6 is 0 Å². The highest BCUT2D eigenvalue weighted by Crippen LogP contribution is 2.31. The van der Waals surface area contributed by atoms with Gasteiger partial charge in [0.1, 0.15) is 0 Å². The van der Waals surface area contributed by atoms with E-state index in [1.807, 2.05) is 6.07 Å². The largest absolute Gasteiger partial charge is 0.388 e. The zero-order valence-corrected chi connectivity index (χ0v) is 10.7. The van der Waals surface area contributed by atoms with Crippen LogP contribution < -0.4 is 4.90 Å². The monoisotopic (exact) mass is 233 g/mol. The average Bonchev–Trinajstić information content (AvgIpc) is 2.89. The van der Waals surface area contributed by atoms with E-state index in [-0.39, 0.29) is 6.10 Å². The summed E-state index contributed by atoms with van der Waals surface area (Å²) >= 11 is 0. The molecule has 0 spiro atoms. The van der Waals surface area contributed by atoms with Crippen molar-refractivity contribution in [2.45, 2.75) is 45.1 Å². The minimum absolute atomic E-state index is 0.299.